The molecule has 6 heteroatoms. The predicted octanol–water partition coefficient (Wildman–Crippen LogP) is 2.32. The van der Waals surface area contributed by atoms with Crippen LogP contribution in [0.1, 0.15) is 29.8 Å². The quantitative estimate of drug-likeness (QED) is 0.849. The van der Waals surface area contributed by atoms with E-state index in [0.717, 1.165) is 31.9 Å². The number of nitrogens with zero attached hydrogens (tertiary/aromatic N) is 4. The third-order valence-electron chi connectivity index (χ3n) is 5.09. The van der Waals surface area contributed by atoms with Gasteiger partial charge in [-0.1, -0.05) is 6.42 Å². The van der Waals surface area contributed by atoms with Gasteiger partial charge in [-0.25, -0.2) is 9.37 Å². The number of hydrogen-bond acceptors (Lipinski definition) is 3. The number of carbonyl (C=O) groups is 1. The van der Waals surface area contributed by atoms with Crippen molar-refractivity contribution in [3.8, 4) is 5.69 Å². The second kappa shape index (κ2) is 6.36. The van der Waals surface area contributed by atoms with E-state index in [2.05, 4.69) is 9.88 Å². The van der Waals surface area contributed by atoms with Crippen LogP contribution in [0.4, 0.5) is 4.39 Å². The molecule has 0 radical (unpaired) electrons. The molecule has 126 valence electrons. The maximum absolute atomic E-state index is 13.1. The number of rotatable bonds is 2. The Morgan fingerprint density at radius 2 is 1.96 bits per heavy atom. The van der Waals surface area contributed by atoms with Crippen molar-refractivity contribution in [1.82, 2.24) is 19.4 Å². The molecular weight excluding hydrogens is 307 g/mol. The molecule has 2 aromatic rings. The van der Waals surface area contributed by atoms with Crippen molar-refractivity contribution in [3.05, 3.63) is 48.3 Å². The monoisotopic (exact) mass is 328 g/mol. The van der Waals surface area contributed by atoms with Crippen molar-refractivity contribution in [2.75, 3.05) is 26.2 Å². The van der Waals surface area contributed by atoms with Crippen molar-refractivity contribution < 1.29 is 9.18 Å². The van der Waals surface area contributed by atoms with Crippen LogP contribution in [-0.4, -0.2) is 57.5 Å². The van der Waals surface area contributed by atoms with Crippen LogP contribution in [0.2, 0.25) is 0 Å². The molecule has 0 unspecified atom stereocenters. The molecule has 1 aromatic carbocycles. The zero-order valence-corrected chi connectivity index (χ0v) is 13.6. The zero-order valence-electron chi connectivity index (χ0n) is 13.6. The van der Waals surface area contributed by atoms with Gasteiger partial charge in [0.2, 0.25) is 0 Å². The molecule has 2 aliphatic rings. The third-order valence-corrected chi connectivity index (χ3v) is 5.09. The second-order valence-corrected chi connectivity index (χ2v) is 6.56. The maximum Gasteiger partial charge on any atom is 0.272 e. The van der Waals surface area contributed by atoms with Gasteiger partial charge >= 0.3 is 0 Å². The Morgan fingerprint density at radius 1 is 1.12 bits per heavy atom. The Balaban J connectivity index is 1.55. The lowest BCUT2D eigenvalue weighted by Gasteiger charge is -2.44. The predicted molar refractivity (Wildman–Crippen MR) is 88.6 cm³/mol. The summed E-state index contributed by atoms with van der Waals surface area (Å²) in [6.45, 7) is 3.64. The van der Waals surface area contributed by atoms with E-state index in [0.29, 0.717) is 11.7 Å². The van der Waals surface area contributed by atoms with E-state index in [1.165, 1.54) is 31.4 Å². The van der Waals surface area contributed by atoms with E-state index in [9.17, 15) is 9.18 Å². The van der Waals surface area contributed by atoms with Crippen LogP contribution in [0, 0.1) is 5.82 Å². The summed E-state index contributed by atoms with van der Waals surface area (Å²) < 4.78 is 14.9. The smallest absolute Gasteiger partial charge is 0.272 e. The van der Waals surface area contributed by atoms with E-state index in [4.69, 9.17) is 0 Å². The average molecular weight is 328 g/mol. The van der Waals surface area contributed by atoms with Gasteiger partial charge in [-0.15, -0.1) is 0 Å². The molecule has 2 aliphatic heterocycles. The first-order chi connectivity index (χ1) is 11.7. The highest BCUT2D eigenvalue weighted by Crippen LogP contribution is 2.22. The Kier molecular flexibility index (Phi) is 4.06. The summed E-state index contributed by atoms with van der Waals surface area (Å²) in [6, 6.07) is 6.59. The van der Waals surface area contributed by atoms with E-state index < -0.39 is 0 Å². The molecule has 2 saturated heterocycles. The van der Waals surface area contributed by atoms with Gasteiger partial charge in [0.05, 0.1) is 12.5 Å². The zero-order chi connectivity index (χ0) is 16.5. The molecule has 24 heavy (non-hydrogen) atoms. The lowest BCUT2D eigenvalue weighted by Crippen LogP contribution is -2.56. The van der Waals surface area contributed by atoms with Crippen LogP contribution >= 0.6 is 0 Å². The van der Waals surface area contributed by atoms with Crippen LogP contribution in [0.25, 0.3) is 5.69 Å². The normalized spacial score (nSPS) is 21.5. The summed E-state index contributed by atoms with van der Waals surface area (Å²) in [7, 11) is 0. The van der Waals surface area contributed by atoms with Gasteiger partial charge in [0.1, 0.15) is 11.5 Å². The Labute approximate surface area is 140 Å². The van der Waals surface area contributed by atoms with E-state index in [1.54, 1.807) is 29.2 Å². The molecule has 0 saturated carbocycles. The number of halogens is 1. The van der Waals surface area contributed by atoms with Gasteiger partial charge in [0.15, 0.2) is 0 Å². The van der Waals surface area contributed by atoms with Crippen molar-refractivity contribution in [2.24, 2.45) is 0 Å². The maximum atomic E-state index is 13.1. The van der Waals surface area contributed by atoms with Crippen LogP contribution in [0.3, 0.4) is 0 Å². The van der Waals surface area contributed by atoms with Gasteiger partial charge < -0.3 is 4.90 Å². The van der Waals surface area contributed by atoms with Crippen LogP contribution < -0.4 is 0 Å². The van der Waals surface area contributed by atoms with Crippen molar-refractivity contribution in [1.29, 1.82) is 0 Å². The van der Waals surface area contributed by atoms with Crippen molar-refractivity contribution in [2.45, 2.75) is 25.3 Å². The molecule has 2 fully saturated rings. The lowest BCUT2D eigenvalue weighted by molar-refractivity contribution is 0.0367. The topological polar surface area (TPSA) is 41.4 Å². The number of piperidine rings is 1. The number of fused-ring (bicyclic) bond motifs is 1. The number of imidazole rings is 1. The van der Waals surface area contributed by atoms with Gasteiger partial charge in [-0.2, -0.15) is 0 Å². The highest BCUT2D eigenvalue weighted by molar-refractivity contribution is 5.93. The first kappa shape index (κ1) is 15.3. The van der Waals surface area contributed by atoms with E-state index >= 15 is 0 Å². The number of aromatic nitrogens is 2. The fourth-order valence-corrected chi connectivity index (χ4v) is 3.76. The molecule has 3 heterocycles. The second-order valence-electron chi connectivity index (χ2n) is 6.56. The number of hydrogen-bond donors (Lipinski definition) is 0. The number of benzene rings is 1. The highest BCUT2D eigenvalue weighted by Gasteiger charge is 2.32. The van der Waals surface area contributed by atoms with Gasteiger partial charge in [0.25, 0.3) is 5.91 Å². The van der Waals surface area contributed by atoms with Crippen molar-refractivity contribution in [3.63, 3.8) is 0 Å². The molecular formula is C18H21FN4O. The van der Waals surface area contributed by atoms with Crippen LogP contribution in [-0.2, 0) is 0 Å². The summed E-state index contributed by atoms with van der Waals surface area (Å²) in [5.74, 6) is -0.290. The molecule has 0 N–H and O–H groups in total. The SMILES string of the molecule is O=C(c1cncn1-c1ccc(F)cc1)N1CCN2CCCC[C@H]2C1. The molecule has 4 rings (SSSR count). The van der Waals surface area contributed by atoms with Gasteiger partial charge in [-0.05, 0) is 43.7 Å². The van der Waals surface area contributed by atoms with Gasteiger partial charge in [0, 0.05) is 31.4 Å². The van der Waals surface area contributed by atoms with E-state index in [1.807, 2.05) is 4.90 Å². The Morgan fingerprint density at radius 3 is 2.79 bits per heavy atom. The first-order valence-electron chi connectivity index (χ1n) is 8.54. The minimum Gasteiger partial charge on any atom is -0.334 e. The summed E-state index contributed by atoms with van der Waals surface area (Å²) in [4.78, 5) is 21.5. The third kappa shape index (κ3) is 2.82. The molecule has 0 spiro atoms. The summed E-state index contributed by atoms with van der Waals surface area (Å²) in [5.41, 5.74) is 1.28. The fraction of sp³-hybridized carbons (Fsp3) is 0.444. The van der Waals surface area contributed by atoms with E-state index in [-0.39, 0.29) is 11.7 Å². The summed E-state index contributed by atoms with van der Waals surface area (Å²) in [5, 5.41) is 0. The molecule has 0 aliphatic carbocycles. The minimum atomic E-state index is -0.292. The Hall–Kier alpha value is -2.21. The Bertz CT molecular complexity index is 727. The van der Waals surface area contributed by atoms with Crippen LogP contribution in [0.15, 0.2) is 36.8 Å². The molecule has 1 amide bonds. The lowest BCUT2D eigenvalue weighted by atomic mass is 9.99. The first-order valence-corrected chi connectivity index (χ1v) is 8.54. The number of piperazine rings is 1. The fourth-order valence-electron chi connectivity index (χ4n) is 3.76. The average Bonchev–Trinajstić information content (AvgIpc) is 3.11. The van der Waals surface area contributed by atoms with Crippen LogP contribution in [0.5, 0.6) is 0 Å². The largest absolute Gasteiger partial charge is 0.334 e. The van der Waals surface area contributed by atoms with Crippen molar-refractivity contribution >= 4 is 5.91 Å². The summed E-state index contributed by atoms with van der Waals surface area (Å²) in [6.07, 6.45) is 6.88. The molecule has 1 aromatic heterocycles. The molecule has 5 nitrogen and oxygen atoms in total. The standard InChI is InChI=1S/C18H21FN4O/c19-14-4-6-15(7-5-14)23-13-20-11-17(23)18(24)22-10-9-21-8-2-1-3-16(21)12-22/h4-7,11,13,16H,1-3,8-10,12H2/t16-/m0/s1. The number of carbonyl (C=O) groups excluding carboxylic acids is 1. The van der Waals surface area contributed by atoms with Gasteiger partial charge in [-0.3, -0.25) is 14.3 Å². The minimum absolute atomic E-state index is 0.00190. The molecule has 1 atom stereocenters. The summed E-state index contributed by atoms with van der Waals surface area (Å²) >= 11 is 0. The number of amides is 1. The molecule has 0 bridgehead atoms. The highest BCUT2D eigenvalue weighted by atomic mass is 19.1.